The third-order valence-corrected chi connectivity index (χ3v) is 4.44. The normalized spacial score (nSPS) is 16.8. The van der Waals surface area contributed by atoms with Crippen LogP contribution in [-0.4, -0.2) is 46.9 Å². The molecule has 1 aliphatic heterocycles. The molecule has 24 heavy (non-hydrogen) atoms. The monoisotopic (exact) mass is 348 g/mol. The summed E-state index contributed by atoms with van der Waals surface area (Å²) in [6, 6.07) is 7.54. The lowest BCUT2D eigenvalue weighted by atomic mass is 10.2. The molecule has 1 unspecified atom stereocenters. The van der Waals surface area contributed by atoms with Crippen LogP contribution in [0.1, 0.15) is 18.4 Å². The maximum atomic E-state index is 12.6. The number of ether oxygens (including phenoxy) is 2. The minimum Gasteiger partial charge on any atom is -0.497 e. The summed E-state index contributed by atoms with van der Waals surface area (Å²) >= 11 is 1.16. The summed E-state index contributed by atoms with van der Waals surface area (Å²) < 4.78 is 14.6. The molecule has 7 nitrogen and oxygen atoms in total. The highest BCUT2D eigenvalue weighted by Crippen LogP contribution is 2.18. The zero-order valence-corrected chi connectivity index (χ0v) is 14.3. The third-order valence-electron chi connectivity index (χ3n) is 3.86. The van der Waals surface area contributed by atoms with Crippen LogP contribution in [0, 0.1) is 0 Å². The van der Waals surface area contributed by atoms with Gasteiger partial charge in [0.05, 0.1) is 19.4 Å². The predicted molar refractivity (Wildman–Crippen MR) is 91.3 cm³/mol. The van der Waals surface area contributed by atoms with Gasteiger partial charge in [0.15, 0.2) is 0 Å². The maximum Gasteiger partial charge on any atom is 0.322 e. The zero-order chi connectivity index (χ0) is 16.8. The van der Waals surface area contributed by atoms with Gasteiger partial charge in [0, 0.05) is 31.2 Å². The van der Waals surface area contributed by atoms with Crippen LogP contribution >= 0.6 is 11.5 Å². The molecule has 1 aromatic carbocycles. The van der Waals surface area contributed by atoms with Crippen molar-refractivity contribution < 1.29 is 14.3 Å². The first-order chi connectivity index (χ1) is 11.7. The first-order valence-corrected chi connectivity index (χ1v) is 8.60. The van der Waals surface area contributed by atoms with Gasteiger partial charge in [-0.15, -0.1) is 5.10 Å². The van der Waals surface area contributed by atoms with Gasteiger partial charge in [0.25, 0.3) is 0 Å². The summed E-state index contributed by atoms with van der Waals surface area (Å²) in [7, 11) is 1.63. The summed E-state index contributed by atoms with van der Waals surface area (Å²) in [5.74, 6) is 0.796. The topological polar surface area (TPSA) is 76.6 Å². The van der Waals surface area contributed by atoms with E-state index in [-0.39, 0.29) is 12.1 Å². The number of methoxy groups -OCH3 is 1. The molecule has 128 valence electrons. The lowest BCUT2D eigenvalue weighted by Gasteiger charge is -2.25. The van der Waals surface area contributed by atoms with Crippen LogP contribution in [0.4, 0.5) is 9.80 Å². The molecular formula is C16H20N4O3S. The Morgan fingerprint density at radius 1 is 1.46 bits per heavy atom. The molecule has 2 amide bonds. The Labute approximate surface area is 144 Å². The van der Waals surface area contributed by atoms with Crippen LogP contribution < -0.4 is 10.1 Å². The number of urea groups is 1. The van der Waals surface area contributed by atoms with Crippen molar-refractivity contribution in [1.29, 1.82) is 0 Å². The van der Waals surface area contributed by atoms with E-state index < -0.39 is 0 Å². The van der Waals surface area contributed by atoms with Gasteiger partial charge in [-0.2, -0.15) is 0 Å². The van der Waals surface area contributed by atoms with Gasteiger partial charge in [0.1, 0.15) is 10.8 Å². The van der Waals surface area contributed by atoms with Crippen molar-refractivity contribution in [2.45, 2.75) is 25.5 Å². The van der Waals surface area contributed by atoms with Gasteiger partial charge in [-0.25, -0.2) is 4.79 Å². The van der Waals surface area contributed by atoms with Crippen molar-refractivity contribution in [3.05, 3.63) is 36.0 Å². The number of carbonyl (C=O) groups excluding carboxylic acids is 1. The minimum absolute atomic E-state index is 0.0913. The third kappa shape index (κ3) is 4.42. The molecule has 1 aromatic heterocycles. The van der Waals surface area contributed by atoms with Crippen LogP contribution in [0.2, 0.25) is 0 Å². The van der Waals surface area contributed by atoms with E-state index in [1.54, 1.807) is 18.2 Å². The molecule has 0 aliphatic carbocycles. The average Bonchev–Trinajstić information content (AvgIpc) is 3.29. The molecule has 0 bridgehead atoms. The summed E-state index contributed by atoms with van der Waals surface area (Å²) in [5, 5.41) is 7.21. The Kier molecular flexibility index (Phi) is 5.60. The lowest BCUT2D eigenvalue weighted by Crippen LogP contribution is -2.39. The van der Waals surface area contributed by atoms with E-state index >= 15 is 0 Å². The number of hydrogen-bond donors (Lipinski definition) is 1. The molecular weight excluding hydrogens is 328 g/mol. The Morgan fingerprint density at radius 2 is 2.29 bits per heavy atom. The number of rotatable bonds is 6. The molecule has 8 heteroatoms. The Hall–Kier alpha value is -2.19. The fraction of sp³-hybridized carbons (Fsp3) is 0.438. The minimum atomic E-state index is -0.174. The summed E-state index contributed by atoms with van der Waals surface area (Å²) in [6.07, 6.45) is 3.66. The van der Waals surface area contributed by atoms with Crippen molar-refractivity contribution in [2.24, 2.45) is 0 Å². The van der Waals surface area contributed by atoms with Gasteiger partial charge >= 0.3 is 6.03 Å². The Balaban J connectivity index is 1.68. The maximum absolute atomic E-state index is 12.6. The number of amides is 2. The first-order valence-electron chi connectivity index (χ1n) is 7.82. The smallest absolute Gasteiger partial charge is 0.322 e. The van der Waals surface area contributed by atoms with Crippen molar-refractivity contribution in [3.63, 3.8) is 0 Å². The molecule has 0 spiro atoms. The summed E-state index contributed by atoms with van der Waals surface area (Å²) in [6.45, 7) is 1.83. The molecule has 1 N–H and O–H groups in total. The number of aromatic nitrogens is 2. The average molecular weight is 348 g/mol. The Morgan fingerprint density at radius 3 is 2.92 bits per heavy atom. The number of anilines is 1. The largest absolute Gasteiger partial charge is 0.497 e. The van der Waals surface area contributed by atoms with Gasteiger partial charge in [-0.3, -0.25) is 5.32 Å². The van der Waals surface area contributed by atoms with Crippen molar-refractivity contribution in [2.75, 3.05) is 25.6 Å². The van der Waals surface area contributed by atoms with Crippen molar-refractivity contribution >= 4 is 22.6 Å². The fourth-order valence-electron chi connectivity index (χ4n) is 2.61. The SMILES string of the molecule is COc1ccc(CN(CC2CCCO2)C(=O)Nc2cnns2)cc1. The Bertz CT molecular complexity index is 642. The lowest BCUT2D eigenvalue weighted by molar-refractivity contribution is 0.0819. The molecule has 2 aromatic rings. The number of benzene rings is 1. The van der Waals surface area contributed by atoms with E-state index in [2.05, 4.69) is 14.9 Å². The van der Waals surface area contributed by atoms with Gasteiger partial charge in [-0.1, -0.05) is 16.6 Å². The van der Waals surface area contributed by atoms with Crippen molar-refractivity contribution in [3.8, 4) is 5.75 Å². The summed E-state index contributed by atoms with van der Waals surface area (Å²) in [5.41, 5.74) is 1.03. The van der Waals surface area contributed by atoms with Gasteiger partial charge in [0.2, 0.25) is 0 Å². The van der Waals surface area contributed by atoms with Crippen LogP contribution in [-0.2, 0) is 11.3 Å². The van der Waals surface area contributed by atoms with E-state index in [1.165, 1.54) is 0 Å². The summed E-state index contributed by atoms with van der Waals surface area (Å²) in [4.78, 5) is 14.4. The highest BCUT2D eigenvalue weighted by molar-refractivity contribution is 7.10. The molecule has 1 aliphatic rings. The van der Waals surface area contributed by atoms with Crippen molar-refractivity contribution in [1.82, 2.24) is 14.5 Å². The van der Waals surface area contributed by atoms with Crippen LogP contribution in [0.15, 0.2) is 30.5 Å². The van der Waals surface area contributed by atoms with Crippen LogP contribution in [0.5, 0.6) is 5.75 Å². The molecule has 1 atom stereocenters. The van der Waals surface area contributed by atoms with E-state index in [4.69, 9.17) is 9.47 Å². The molecule has 0 saturated carbocycles. The highest BCUT2D eigenvalue weighted by atomic mass is 32.1. The number of nitrogens with zero attached hydrogens (tertiary/aromatic N) is 3. The van der Waals surface area contributed by atoms with Gasteiger partial charge < -0.3 is 14.4 Å². The second-order valence-electron chi connectivity index (χ2n) is 5.58. The molecule has 0 radical (unpaired) electrons. The van der Waals surface area contributed by atoms with E-state index in [9.17, 15) is 4.79 Å². The number of carbonyl (C=O) groups is 1. The van der Waals surface area contributed by atoms with E-state index in [0.717, 1.165) is 42.3 Å². The quantitative estimate of drug-likeness (QED) is 0.869. The number of nitrogens with one attached hydrogen (secondary N) is 1. The van der Waals surface area contributed by atoms with E-state index in [1.807, 2.05) is 24.3 Å². The first kappa shape index (κ1) is 16.7. The molecule has 1 fully saturated rings. The molecule has 2 heterocycles. The highest BCUT2D eigenvalue weighted by Gasteiger charge is 2.23. The van der Waals surface area contributed by atoms with Crippen LogP contribution in [0.25, 0.3) is 0 Å². The second-order valence-corrected chi connectivity index (χ2v) is 6.36. The van der Waals surface area contributed by atoms with E-state index in [0.29, 0.717) is 18.1 Å². The standard InChI is InChI=1S/C16H20N4O3S/c1-22-13-6-4-12(5-7-13)10-20(11-14-3-2-8-23-14)16(21)18-15-9-17-19-24-15/h4-7,9,14H,2-3,8,10-11H2,1H3,(H,18,21). The second kappa shape index (κ2) is 8.07. The fourth-order valence-corrected chi connectivity index (χ4v) is 3.02. The molecule has 1 saturated heterocycles. The van der Waals surface area contributed by atoms with Gasteiger partial charge in [-0.05, 0) is 30.5 Å². The zero-order valence-electron chi connectivity index (χ0n) is 13.5. The number of hydrogen-bond acceptors (Lipinski definition) is 6. The predicted octanol–water partition coefficient (Wildman–Crippen LogP) is 2.76. The van der Waals surface area contributed by atoms with Crippen LogP contribution in [0.3, 0.4) is 0 Å². The molecule has 3 rings (SSSR count).